The number of rotatable bonds is 3. The van der Waals surface area contributed by atoms with Crippen LogP contribution in [0, 0.1) is 0 Å². The summed E-state index contributed by atoms with van der Waals surface area (Å²) < 4.78 is 0. The lowest BCUT2D eigenvalue weighted by Gasteiger charge is -1.94. The van der Waals surface area contributed by atoms with Crippen LogP contribution in [0.25, 0.3) is 22.2 Å². The van der Waals surface area contributed by atoms with Gasteiger partial charge in [0.1, 0.15) is 5.82 Å². The maximum atomic E-state index is 5.70. The van der Waals surface area contributed by atoms with E-state index >= 15 is 0 Å². The molecule has 86 valence electrons. The molecule has 0 radical (unpaired) electrons. The van der Waals surface area contributed by atoms with Gasteiger partial charge in [0.15, 0.2) is 0 Å². The van der Waals surface area contributed by atoms with Crippen LogP contribution in [0.1, 0.15) is 5.82 Å². The Balaban J connectivity index is 2.07. The summed E-state index contributed by atoms with van der Waals surface area (Å²) in [4.78, 5) is 10.9. The van der Waals surface area contributed by atoms with E-state index in [9.17, 15) is 0 Å². The van der Waals surface area contributed by atoms with Crippen molar-refractivity contribution in [3.05, 3.63) is 42.5 Å². The van der Waals surface area contributed by atoms with E-state index in [1.54, 1.807) is 0 Å². The molecule has 0 saturated carbocycles. The second kappa shape index (κ2) is 4.26. The Bertz CT molecular complexity index is 639. The molecule has 0 aliphatic rings. The minimum atomic E-state index is 0.584. The minimum absolute atomic E-state index is 0.584. The first kappa shape index (κ1) is 10.4. The minimum Gasteiger partial charge on any atom is -0.360 e. The van der Waals surface area contributed by atoms with Gasteiger partial charge in [-0.2, -0.15) is 0 Å². The number of aromatic amines is 2. The Morgan fingerprint density at radius 3 is 3.00 bits per heavy atom. The Hall–Kier alpha value is -1.74. The molecular formula is C13H12ClN3. The molecule has 4 heteroatoms. The predicted molar refractivity (Wildman–Crippen MR) is 70.3 cm³/mol. The molecule has 3 nitrogen and oxygen atoms in total. The van der Waals surface area contributed by atoms with Crippen molar-refractivity contribution in [2.24, 2.45) is 0 Å². The van der Waals surface area contributed by atoms with Gasteiger partial charge in [-0.1, -0.05) is 18.2 Å². The van der Waals surface area contributed by atoms with Crippen molar-refractivity contribution in [3.63, 3.8) is 0 Å². The second-order valence-corrected chi connectivity index (χ2v) is 4.31. The van der Waals surface area contributed by atoms with Crippen molar-refractivity contribution < 1.29 is 0 Å². The fraction of sp³-hybridized carbons (Fsp3) is 0.154. The molecule has 0 aliphatic carbocycles. The van der Waals surface area contributed by atoms with Gasteiger partial charge in [-0.15, -0.1) is 11.6 Å². The molecule has 0 bridgehead atoms. The van der Waals surface area contributed by atoms with Crippen molar-refractivity contribution in [3.8, 4) is 11.3 Å². The Labute approximate surface area is 104 Å². The zero-order valence-electron chi connectivity index (χ0n) is 9.20. The van der Waals surface area contributed by atoms with Gasteiger partial charge in [-0.25, -0.2) is 4.98 Å². The summed E-state index contributed by atoms with van der Waals surface area (Å²) in [5, 5.41) is 1.20. The smallest absolute Gasteiger partial charge is 0.107 e. The van der Waals surface area contributed by atoms with E-state index in [-0.39, 0.29) is 0 Å². The number of benzene rings is 1. The van der Waals surface area contributed by atoms with Gasteiger partial charge in [0.05, 0.1) is 11.9 Å². The summed E-state index contributed by atoms with van der Waals surface area (Å²) in [7, 11) is 0. The Morgan fingerprint density at radius 2 is 2.12 bits per heavy atom. The number of H-pyrrole nitrogens is 2. The number of alkyl halides is 1. The number of para-hydroxylation sites is 1. The monoisotopic (exact) mass is 245 g/mol. The van der Waals surface area contributed by atoms with Gasteiger partial charge >= 0.3 is 0 Å². The molecule has 2 heterocycles. The average Bonchev–Trinajstić information content (AvgIpc) is 2.95. The third kappa shape index (κ3) is 1.83. The fourth-order valence-corrected chi connectivity index (χ4v) is 2.19. The van der Waals surface area contributed by atoms with Crippen LogP contribution in [0.4, 0.5) is 0 Å². The van der Waals surface area contributed by atoms with Gasteiger partial charge in [-0.3, -0.25) is 0 Å². The molecule has 0 aliphatic heterocycles. The number of hydrogen-bond donors (Lipinski definition) is 2. The van der Waals surface area contributed by atoms with Crippen LogP contribution in [0.5, 0.6) is 0 Å². The topological polar surface area (TPSA) is 44.5 Å². The quantitative estimate of drug-likeness (QED) is 0.683. The highest BCUT2D eigenvalue weighted by molar-refractivity contribution is 6.17. The van der Waals surface area contributed by atoms with E-state index in [1.807, 2.05) is 24.5 Å². The summed E-state index contributed by atoms with van der Waals surface area (Å²) in [5.74, 6) is 1.51. The van der Waals surface area contributed by atoms with Crippen LogP contribution < -0.4 is 0 Å². The standard InChI is InChI=1S/C13H12ClN3/c14-6-5-13-16-8-12(17-13)10-7-15-11-4-2-1-3-9(10)11/h1-4,7-8,15H,5-6H2,(H,16,17). The van der Waals surface area contributed by atoms with E-state index in [4.69, 9.17) is 11.6 Å². The lowest BCUT2D eigenvalue weighted by atomic mass is 10.1. The molecule has 2 N–H and O–H groups in total. The third-order valence-corrected chi connectivity index (χ3v) is 3.03. The lowest BCUT2D eigenvalue weighted by molar-refractivity contribution is 0.997. The van der Waals surface area contributed by atoms with Gasteiger partial charge < -0.3 is 9.97 Å². The van der Waals surface area contributed by atoms with Crippen LogP contribution in [-0.2, 0) is 6.42 Å². The van der Waals surface area contributed by atoms with Gasteiger partial charge in [0.2, 0.25) is 0 Å². The maximum absolute atomic E-state index is 5.70. The van der Waals surface area contributed by atoms with Crippen molar-refractivity contribution in [1.29, 1.82) is 0 Å². The first-order chi connectivity index (χ1) is 8.38. The SMILES string of the molecule is ClCCc1ncc(-c2c[nH]c3ccccc23)[nH]1. The van der Waals surface area contributed by atoms with Crippen molar-refractivity contribution in [1.82, 2.24) is 15.0 Å². The fourth-order valence-electron chi connectivity index (χ4n) is 2.01. The average molecular weight is 246 g/mol. The van der Waals surface area contributed by atoms with E-state index in [2.05, 4.69) is 27.1 Å². The van der Waals surface area contributed by atoms with Crippen LogP contribution in [0.2, 0.25) is 0 Å². The first-order valence-electron chi connectivity index (χ1n) is 5.55. The zero-order valence-corrected chi connectivity index (χ0v) is 9.96. The van der Waals surface area contributed by atoms with E-state index < -0.39 is 0 Å². The predicted octanol–water partition coefficient (Wildman–Crippen LogP) is 3.34. The van der Waals surface area contributed by atoms with Crippen molar-refractivity contribution >= 4 is 22.5 Å². The molecule has 0 atom stereocenters. The molecule has 0 amide bonds. The molecule has 0 unspecified atom stereocenters. The van der Waals surface area contributed by atoms with Gasteiger partial charge in [-0.05, 0) is 6.07 Å². The molecular weight excluding hydrogens is 234 g/mol. The molecule has 0 spiro atoms. The number of imidazole rings is 1. The Kier molecular flexibility index (Phi) is 2.61. The highest BCUT2D eigenvalue weighted by Crippen LogP contribution is 2.26. The third-order valence-electron chi connectivity index (χ3n) is 2.84. The highest BCUT2D eigenvalue weighted by atomic mass is 35.5. The molecule has 0 saturated heterocycles. The molecule has 1 aromatic carbocycles. The summed E-state index contributed by atoms with van der Waals surface area (Å²) in [6.07, 6.45) is 4.63. The lowest BCUT2D eigenvalue weighted by Crippen LogP contribution is -1.88. The van der Waals surface area contributed by atoms with Gasteiger partial charge in [0.25, 0.3) is 0 Å². The highest BCUT2D eigenvalue weighted by Gasteiger charge is 2.08. The zero-order chi connectivity index (χ0) is 11.7. The van der Waals surface area contributed by atoms with Crippen LogP contribution in [0.3, 0.4) is 0 Å². The summed E-state index contributed by atoms with van der Waals surface area (Å²) in [5.41, 5.74) is 3.31. The molecule has 0 fully saturated rings. The number of nitrogens with zero attached hydrogens (tertiary/aromatic N) is 1. The number of aromatic nitrogens is 3. The summed E-state index contributed by atoms with van der Waals surface area (Å²) in [6, 6.07) is 8.22. The van der Waals surface area contributed by atoms with E-state index in [1.165, 1.54) is 5.39 Å². The second-order valence-electron chi connectivity index (χ2n) is 3.93. The van der Waals surface area contributed by atoms with Gasteiger partial charge in [0, 0.05) is 35.0 Å². The summed E-state index contributed by atoms with van der Waals surface area (Å²) in [6.45, 7) is 0. The molecule has 17 heavy (non-hydrogen) atoms. The molecule has 2 aromatic heterocycles. The first-order valence-corrected chi connectivity index (χ1v) is 6.08. The largest absolute Gasteiger partial charge is 0.360 e. The Morgan fingerprint density at radius 1 is 1.24 bits per heavy atom. The number of fused-ring (bicyclic) bond motifs is 1. The van der Waals surface area contributed by atoms with E-state index in [0.29, 0.717) is 5.88 Å². The normalized spacial score (nSPS) is 11.1. The van der Waals surface area contributed by atoms with Crippen LogP contribution in [-0.4, -0.2) is 20.8 Å². The van der Waals surface area contributed by atoms with Crippen molar-refractivity contribution in [2.75, 3.05) is 5.88 Å². The van der Waals surface area contributed by atoms with E-state index in [0.717, 1.165) is 29.0 Å². The van der Waals surface area contributed by atoms with Crippen LogP contribution >= 0.6 is 11.6 Å². The maximum Gasteiger partial charge on any atom is 0.107 e. The van der Waals surface area contributed by atoms with Crippen molar-refractivity contribution in [2.45, 2.75) is 6.42 Å². The number of hydrogen-bond acceptors (Lipinski definition) is 1. The number of nitrogens with one attached hydrogen (secondary N) is 2. The van der Waals surface area contributed by atoms with Crippen LogP contribution in [0.15, 0.2) is 36.7 Å². The number of halogens is 1. The molecule has 3 aromatic rings. The summed E-state index contributed by atoms with van der Waals surface area (Å²) >= 11 is 5.70. The number of aryl methyl sites for hydroxylation is 1. The molecule has 3 rings (SSSR count).